The lowest BCUT2D eigenvalue weighted by atomic mass is 9.94. The molecule has 0 aromatic rings. The Morgan fingerprint density at radius 3 is 2.05 bits per heavy atom. The highest BCUT2D eigenvalue weighted by atomic mass is 16.2. The predicted octanol–water partition coefficient (Wildman–Crippen LogP) is 1.43. The summed E-state index contributed by atoms with van der Waals surface area (Å²) in [5.41, 5.74) is 0. The fourth-order valence-electron chi connectivity index (χ4n) is 3.55. The molecular formula is C17H31N3O2. The number of carbonyl (C=O) groups is 2. The molecule has 5 heteroatoms. The average molecular weight is 309 g/mol. The van der Waals surface area contributed by atoms with E-state index in [1.807, 2.05) is 25.9 Å². The lowest BCUT2D eigenvalue weighted by Crippen LogP contribution is -2.52. The molecule has 2 saturated heterocycles. The molecule has 5 nitrogen and oxygen atoms in total. The molecule has 0 aliphatic carbocycles. The molecule has 2 aliphatic heterocycles. The summed E-state index contributed by atoms with van der Waals surface area (Å²) in [7, 11) is 3.64. The highest BCUT2D eigenvalue weighted by Crippen LogP contribution is 2.22. The molecule has 2 heterocycles. The molecule has 2 amide bonds. The number of hydrogen-bond donors (Lipinski definition) is 0. The van der Waals surface area contributed by atoms with Crippen molar-refractivity contribution in [3.05, 3.63) is 0 Å². The molecule has 1 atom stereocenters. The maximum atomic E-state index is 12.6. The number of rotatable bonds is 3. The normalized spacial score (nSPS) is 23.4. The zero-order valence-electron chi connectivity index (χ0n) is 14.5. The minimum atomic E-state index is -0.0520. The van der Waals surface area contributed by atoms with Gasteiger partial charge >= 0.3 is 0 Å². The van der Waals surface area contributed by atoms with E-state index in [0.29, 0.717) is 0 Å². The molecule has 0 saturated carbocycles. The fraction of sp³-hybridized carbons (Fsp3) is 0.882. The van der Waals surface area contributed by atoms with Gasteiger partial charge in [-0.05, 0) is 51.6 Å². The van der Waals surface area contributed by atoms with Gasteiger partial charge in [0.2, 0.25) is 11.8 Å². The minimum absolute atomic E-state index is 0.0520. The first-order valence-corrected chi connectivity index (χ1v) is 8.64. The van der Waals surface area contributed by atoms with Crippen molar-refractivity contribution in [3.8, 4) is 0 Å². The summed E-state index contributed by atoms with van der Waals surface area (Å²) in [6.45, 7) is 7.79. The quantitative estimate of drug-likeness (QED) is 0.792. The Morgan fingerprint density at radius 2 is 1.55 bits per heavy atom. The van der Waals surface area contributed by atoms with Gasteiger partial charge in [-0.25, -0.2) is 0 Å². The van der Waals surface area contributed by atoms with Gasteiger partial charge < -0.3 is 9.80 Å². The zero-order valence-corrected chi connectivity index (χ0v) is 14.5. The lowest BCUT2D eigenvalue weighted by molar-refractivity contribution is -0.139. The first kappa shape index (κ1) is 17.3. The van der Waals surface area contributed by atoms with Gasteiger partial charge in [-0.15, -0.1) is 0 Å². The van der Waals surface area contributed by atoms with E-state index in [2.05, 4.69) is 11.8 Å². The van der Waals surface area contributed by atoms with E-state index in [-0.39, 0.29) is 23.8 Å². The smallest absolute Gasteiger partial charge is 0.239 e. The van der Waals surface area contributed by atoms with Crippen molar-refractivity contribution >= 4 is 11.8 Å². The Labute approximate surface area is 134 Å². The minimum Gasteiger partial charge on any atom is -0.349 e. The van der Waals surface area contributed by atoms with Gasteiger partial charge in [-0.2, -0.15) is 0 Å². The summed E-state index contributed by atoms with van der Waals surface area (Å²) < 4.78 is 0. The molecule has 0 radical (unpaired) electrons. The molecule has 0 aromatic heterocycles. The molecule has 22 heavy (non-hydrogen) atoms. The van der Waals surface area contributed by atoms with Crippen LogP contribution in [0.4, 0.5) is 0 Å². The summed E-state index contributed by atoms with van der Waals surface area (Å²) in [4.78, 5) is 30.6. The second-order valence-electron chi connectivity index (χ2n) is 7.23. The van der Waals surface area contributed by atoms with Crippen LogP contribution in [0.1, 0.15) is 39.5 Å². The summed E-state index contributed by atoms with van der Waals surface area (Å²) in [6, 6.07) is -0.0520. The molecule has 2 fully saturated rings. The molecule has 0 bridgehead atoms. The topological polar surface area (TPSA) is 43.9 Å². The van der Waals surface area contributed by atoms with Crippen LogP contribution in [0.5, 0.6) is 0 Å². The Morgan fingerprint density at radius 1 is 1.00 bits per heavy atom. The van der Waals surface area contributed by atoms with Gasteiger partial charge in [0.25, 0.3) is 0 Å². The number of piperidine rings is 2. The Hall–Kier alpha value is -1.10. The third-order valence-electron chi connectivity index (χ3n) is 5.32. The van der Waals surface area contributed by atoms with Crippen LogP contribution in [0.3, 0.4) is 0 Å². The van der Waals surface area contributed by atoms with Crippen molar-refractivity contribution in [2.45, 2.75) is 45.6 Å². The summed E-state index contributed by atoms with van der Waals surface area (Å²) in [5, 5.41) is 0. The van der Waals surface area contributed by atoms with Crippen molar-refractivity contribution in [3.63, 3.8) is 0 Å². The van der Waals surface area contributed by atoms with E-state index in [0.717, 1.165) is 57.8 Å². The SMILES string of the molecule is CC1CCN(C(=O)C(C)N2CCC(C(=O)N(C)C)CC2)CC1. The van der Waals surface area contributed by atoms with Crippen molar-refractivity contribution in [1.29, 1.82) is 0 Å². The van der Waals surface area contributed by atoms with E-state index >= 15 is 0 Å². The third-order valence-corrected chi connectivity index (χ3v) is 5.32. The third kappa shape index (κ3) is 4.00. The molecule has 2 aliphatic rings. The maximum Gasteiger partial charge on any atom is 0.239 e. The van der Waals surface area contributed by atoms with E-state index in [1.54, 1.807) is 4.90 Å². The predicted molar refractivity (Wildman–Crippen MR) is 87.4 cm³/mol. The Bertz CT molecular complexity index is 395. The van der Waals surface area contributed by atoms with Crippen LogP contribution in [0, 0.1) is 11.8 Å². The molecule has 0 aromatic carbocycles. The number of carbonyl (C=O) groups excluding carboxylic acids is 2. The van der Waals surface area contributed by atoms with Gasteiger partial charge in [0.1, 0.15) is 0 Å². The van der Waals surface area contributed by atoms with Gasteiger partial charge in [-0.1, -0.05) is 6.92 Å². The molecule has 0 N–H and O–H groups in total. The summed E-state index contributed by atoms with van der Waals surface area (Å²) >= 11 is 0. The van der Waals surface area contributed by atoms with Gasteiger partial charge in [0.05, 0.1) is 6.04 Å². The number of likely N-dealkylation sites (tertiary alicyclic amines) is 2. The summed E-state index contributed by atoms with van der Waals surface area (Å²) in [6.07, 6.45) is 3.98. The number of nitrogens with zero attached hydrogens (tertiary/aromatic N) is 3. The van der Waals surface area contributed by atoms with E-state index in [4.69, 9.17) is 0 Å². The monoisotopic (exact) mass is 309 g/mol. The summed E-state index contributed by atoms with van der Waals surface area (Å²) in [5.74, 6) is 1.37. The van der Waals surface area contributed by atoms with Crippen molar-refractivity contribution in [2.75, 3.05) is 40.3 Å². The standard InChI is InChI=1S/C17H31N3O2/c1-13-5-9-20(10-6-13)16(21)14(2)19-11-7-15(8-12-19)17(22)18(3)4/h13-15H,5-12H2,1-4H3. The molecular weight excluding hydrogens is 278 g/mol. The van der Waals surface area contributed by atoms with Crippen LogP contribution in [-0.4, -0.2) is 72.8 Å². The van der Waals surface area contributed by atoms with Crippen molar-refractivity contribution < 1.29 is 9.59 Å². The average Bonchev–Trinajstić information content (AvgIpc) is 2.53. The Balaban J connectivity index is 1.83. The molecule has 2 rings (SSSR count). The molecule has 1 unspecified atom stereocenters. The fourth-order valence-corrected chi connectivity index (χ4v) is 3.55. The van der Waals surface area contributed by atoms with Crippen LogP contribution in [-0.2, 0) is 9.59 Å². The van der Waals surface area contributed by atoms with E-state index < -0.39 is 0 Å². The number of amides is 2. The first-order chi connectivity index (χ1) is 10.4. The van der Waals surface area contributed by atoms with Crippen LogP contribution >= 0.6 is 0 Å². The van der Waals surface area contributed by atoms with Crippen LogP contribution in [0.25, 0.3) is 0 Å². The first-order valence-electron chi connectivity index (χ1n) is 8.64. The maximum absolute atomic E-state index is 12.6. The number of hydrogen-bond acceptors (Lipinski definition) is 3. The van der Waals surface area contributed by atoms with Gasteiger partial charge in [0.15, 0.2) is 0 Å². The van der Waals surface area contributed by atoms with Crippen LogP contribution in [0.2, 0.25) is 0 Å². The lowest BCUT2D eigenvalue weighted by Gasteiger charge is -2.39. The second-order valence-corrected chi connectivity index (χ2v) is 7.23. The highest BCUT2D eigenvalue weighted by molar-refractivity contribution is 5.82. The van der Waals surface area contributed by atoms with Crippen molar-refractivity contribution in [2.24, 2.45) is 11.8 Å². The van der Waals surface area contributed by atoms with Gasteiger partial charge in [0, 0.05) is 33.1 Å². The highest BCUT2D eigenvalue weighted by Gasteiger charge is 2.32. The van der Waals surface area contributed by atoms with Crippen LogP contribution < -0.4 is 0 Å². The van der Waals surface area contributed by atoms with Crippen molar-refractivity contribution in [1.82, 2.24) is 14.7 Å². The van der Waals surface area contributed by atoms with E-state index in [9.17, 15) is 9.59 Å². The molecule has 0 spiro atoms. The zero-order chi connectivity index (χ0) is 16.3. The largest absolute Gasteiger partial charge is 0.349 e. The molecule has 126 valence electrons. The Kier molecular flexibility index (Phi) is 5.84. The van der Waals surface area contributed by atoms with E-state index in [1.165, 1.54) is 0 Å². The van der Waals surface area contributed by atoms with Crippen LogP contribution in [0.15, 0.2) is 0 Å². The van der Waals surface area contributed by atoms with Gasteiger partial charge in [-0.3, -0.25) is 14.5 Å². The second kappa shape index (κ2) is 7.44.